The molecule has 2 rings (SSSR count). The standard InChI is InChI=1S/C28H38O10/c1-32-28(31)25-7-4-23(5-8-25)2-3-24-6-9-26(37-20-18-35-16-14-33-12-10-29)27(22-24)38-21-19-36-17-15-34-13-11-30/h2-9,22,29-30H,10-21H2,1H3. The lowest BCUT2D eigenvalue weighted by atomic mass is 10.1. The minimum absolute atomic E-state index is 0.0126. The summed E-state index contributed by atoms with van der Waals surface area (Å²) in [5, 5.41) is 17.4. The quantitative estimate of drug-likeness (QED) is 0.140. The number of rotatable bonds is 21. The van der Waals surface area contributed by atoms with Gasteiger partial charge in [-0.15, -0.1) is 0 Å². The Bertz CT molecular complexity index is 930. The Morgan fingerprint density at radius 3 is 1.66 bits per heavy atom. The van der Waals surface area contributed by atoms with Crippen molar-refractivity contribution in [2.45, 2.75) is 0 Å². The van der Waals surface area contributed by atoms with E-state index < -0.39 is 0 Å². The first-order chi connectivity index (χ1) is 18.7. The third-order valence-corrected chi connectivity index (χ3v) is 4.95. The summed E-state index contributed by atoms with van der Waals surface area (Å²) in [6.45, 7) is 3.57. The van der Waals surface area contributed by atoms with Gasteiger partial charge in [0.15, 0.2) is 11.5 Å². The first-order valence-corrected chi connectivity index (χ1v) is 12.5. The maximum Gasteiger partial charge on any atom is 0.337 e. The predicted molar refractivity (Wildman–Crippen MR) is 142 cm³/mol. The highest BCUT2D eigenvalue weighted by molar-refractivity contribution is 5.89. The van der Waals surface area contributed by atoms with Crippen LogP contribution in [0.15, 0.2) is 42.5 Å². The minimum atomic E-state index is -0.375. The van der Waals surface area contributed by atoms with E-state index in [1.54, 1.807) is 12.1 Å². The Kier molecular flexibility index (Phi) is 16.5. The van der Waals surface area contributed by atoms with Crippen LogP contribution in [0.1, 0.15) is 21.5 Å². The van der Waals surface area contributed by atoms with Gasteiger partial charge in [-0.25, -0.2) is 4.79 Å². The SMILES string of the molecule is COC(=O)c1ccc(C=Cc2ccc(OCCOCCOCCO)c(OCCOCCOCCO)c2)cc1. The Labute approximate surface area is 223 Å². The van der Waals surface area contributed by atoms with E-state index in [0.29, 0.717) is 76.5 Å². The summed E-state index contributed by atoms with van der Waals surface area (Å²) < 4.78 is 37.8. The lowest BCUT2D eigenvalue weighted by molar-refractivity contribution is 0.0223. The second-order valence-electron chi connectivity index (χ2n) is 7.75. The van der Waals surface area contributed by atoms with Gasteiger partial charge in [0.05, 0.1) is 78.7 Å². The Hall–Kier alpha value is -2.99. The van der Waals surface area contributed by atoms with Gasteiger partial charge in [-0.1, -0.05) is 30.4 Å². The number of methoxy groups -OCH3 is 1. The van der Waals surface area contributed by atoms with Crippen molar-refractivity contribution >= 4 is 18.1 Å². The van der Waals surface area contributed by atoms with E-state index >= 15 is 0 Å². The van der Waals surface area contributed by atoms with E-state index in [9.17, 15) is 4.79 Å². The van der Waals surface area contributed by atoms with Gasteiger partial charge in [-0.05, 0) is 35.4 Å². The van der Waals surface area contributed by atoms with E-state index in [0.717, 1.165) is 11.1 Å². The molecule has 2 aromatic rings. The molecule has 210 valence electrons. The zero-order valence-electron chi connectivity index (χ0n) is 21.8. The van der Waals surface area contributed by atoms with Crippen LogP contribution in [0.3, 0.4) is 0 Å². The Balaban J connectivity index is 1.93. The van der Waals surface area contributed by atoms with Crippen LogP contribution in [0.4, 0.5) is 0 Å². The number of benzene rings is 2. The summed E-state index contributed by atoms with van der Waals surface area (Å²) in [4.78, 5) is 11.6. The monoisotopic (exact) mass is 534 g/mol. The van der Waals surface area contributed by atoms with Gasteiger partial charge in [-0.3, -0.25) is 0 Å². The van der Waals surface area contributed by atoms with E-state index in [1.165, 1.54) is 7.11 Å². The molecule has 0 fully saturated rings. The number of aliphatic hydroxyl groups is 2. The van der Waals surface area contributed by atoms with Crippen LogP contribution < -0.4 is 9.47 Å². The molecular formula is C28H38O10. The molecule has 0 amide bonds. The number of hydrogen-bond acceptors (Lipinski definition) is 10. The van der Waals surface area contributed by atoms with E-state index in [1.807, 2.05) is 42.5 Å². The number of esters is 1. The molecule has 0 aliphatic rings. The largest absolute Gasteiger partial charge is 0.487 e. The summed E-state index contributed by atoms with van der Waals surface area (Å²) in [6.07, 6.45) is 3.87. The van der Waals surface area contributed by atoms with E-state index in [4.69, 9.17) is 43.4 Å². The fraction of sp³-hybridized carbons (Fsp3) is 0.464. The average Bonchev–Trinajstić information content (AvgIpc) is 2.95. The summed E-state index contributed by atoms with van der Waals surface area (Å²) in [5.41, 5.74) is 2.32. The molecule has 0 unspecified atom stereocenters. The van der Waals surface area contributed by atoms with Crippen molar-refractivity contribution in [1.82, 2.24) is 0 Å². The minimum Gasteiger partial charge on any atom is -0.487 e. The molecule has 0 aromatic heterocycles. The molecule has 2 N–H and O–H groups in total. The van der Waals surface area contributed by atoms with Gasteiger partial charge in [0.25, 0.3) is 0 Å². The molecular weight excluding hydrogens is 496 g/mol. The van der Waals surface area contributed by atoms with Crippen LogP contribution in [-0.2, 0) is 23.7 Å². The number of carbonyl (C=O) groups excluding carboxylic acids is 1. The predicted octanol–water partition coefficient (Wildman–Crippen LogP) is 2.45. The van der Waals surface area contributed by atoms with Crippen molar-refractivity contribution in [3.8, 4) is 11.5 Å². The Morgan fingerprint density at radius 2 is 1.11 bits per heavy atom. The number of ether oxygens (including phenoxy) is 7. The van der Waals surface area contributed by atoms with Crippen molar-refractivity contribution in [2.75, 3.05) is 86.4 Å². The molecule has 0 heterocycles. The first kappa shape index (κ1) is 31.2. The first-order valence-electron chi connectivity index (χ1n) is 12.5. The molecule has 38 heavy (non-hydrogen) atoms. The summed E-state index contributed by atoms with van der Waals surface area (Å²) >= 11 is 0. The van der Waals surface area contributed by atoms with Gasteiger partial charge in [-0.2, -0.15) is 0 Å². The van der Waals surface area contributed by atoms with Crippen molar-refractivity contribution in [2.24, 2.45) is 0 Å². The summed E-state index contributed by atoms with van der Waals surface area (Å²) in [5.74, 6) is 0.774. The second kappa shape index (κ2) is 20.0. The lowest BCUT2D eigenvalue weighted by Gasteiger charge is -2.14. The lowest BCUT2D eigenvalue weighted by Crippen LogP contribution is -2.13. The molecule has 0 saturated carbocycles. The van der Waals surface area contributed by atoms with Crippen LogP contribution in [0, 0.1) is 0 Å². The highest BCUT2D eigenvalue weighted by atomic mass is 16.6. The molecule has 0 aliphatic heterocycles. The molecule has 10 heteroatoms. The number of aliphatic hydroxyl groups excluding tert-OH is 2. The summed E-state index contributed by atoms with van der Waals surface area (Å²) in [6, 6.07) is 12.7. The molecule has 0 radical (unpaired) electrons. The van der Waals surface area contributed by atoms with E-state index in [-0.39, 0.29) is 25.8 Å². The molecule has 0 spiro atoms. The fourth-order valence-electron chi connectivity index (χ4n) is 3.10. The maximum absolute atomic E-state index is 11.6. The van der Waals surface area contributed by atoms with E-state index in [2.05, 4.69) is 0 Å². The highest BCUT2D eigenvalue weighted by Gasteiger charge is 2.07. The second-order valence-corrected chi connectivity index (χ2v) is 7.75. The molecule has 0 atom stereocenters. The van der Waals surface area contributed by atoms with Crippen LogP contribution in [0.5, 0.6) is 11.5 Å². The number of carbonyl (C=O) groups is 1. The van der Waals surface area contributed by atoms with Crippen LogP contribution in [0.25, 0.3) is 12.2 Å². The smallest absolute Gasteiger partial charge is 0.337 e. The third-order valence-electron chi connectivity index (χ3n) is 4.95. The molecule has 10 nitrogen and oxygen atoms in total. The van der Waals surface area contributed by atoms with Crippen LogP contribution in [0.2, 0.25) is 0 Å². The molecule has 0 saturated heterocycles. The summed E-state index contributed by atoms with van der Waals surface area (Å²) in [7, 11) is 1.35. The van der Waals surface area contributed by atoms with Gasteiger partial charge in [0.1, 0.15) is 13.2 Å². The van der Waals surface area contributed by atoms with Crippen LogP contribution >= 0.6 is 0 Å². The normalized spacial score (nSPS) is 11.1. The maximum atomic E-state index is 11.6. The highest BCUT2D eigenvalue weighted by Crippen LogP contribution is 2.29. The van der Waals surface area contributed by atoms with Crippen molar-refractivity contribution in [3.63, 3.8) is 0 Å². The van der Waals surface area contributed by atoms with Crippen molar-refractivity contribution in [1.29, 1.82) is 0 Å². The van der Waals surface area contributed by atoms with Gasteiger partial charge in [0, 0.05) is 0 Å². The number of hydrogen-bond donors (Lipinski definition) is 2. The molecule has 2 aromatic carbocycles. The van der Waals surface area contributed by atoms with Gasteiger partial charge >= 0.3 is 5.97 Å². The topological polar surface area (TPSA) is 122 Å². The fourth-order valence-corrected chi connectivity index (χ4v) is 3.10. The zero-order valence-corrected chi connectivity index (χ0v) is 21.8. The molecule has 0 aliphatic carbocycles. The van der Waals surface area contributed by atoms with Crippen molar-refractivity contribution in [3.05, 3.63) is 59.2 Å². The van der Waals surface area contributed by atoms with Gasteiger partial charge < -0.3 is 43.4 Å². The van der Waals surface area contributed by atoms with Gasteiger partial charge in [0.2, 0.25) is 0 Å². The zero-order chi connectivity index (χ0) is 27.3. The van der Waals surface area contributed by atoms with Crippen LogP contribution in [-0.4, -0.2) is 103 Å². The Morgan fingerprint density at radius 1 is 0.632 bits per heavy atom. The average molecular weight is 535 g/mol. The molecule has 0 bridgehead atoms. The van der Waals surface area contributed by atoms with Crippen molar-refractivity contribution < 1.29 is 48.2 Å². The third kappa shape index (κ3) is 13.0.